The summed E-state index contributed by atoms with van der Waals surface area (Å²) in [5, 5.41) is 0. The normalized spacial score (nSPS) is 18.3. The zero-order chi connectivity index (χ0) is 25.4. The number of amides is 2. The van der Waals surface area contributed by atoms with Gasteiger partial charge in [0.25, 0.3) is 5.91 Å². The third-order valence-electron chi connectivity index (χ3n) is 6.26. The second-order valence-corrected chi connectivity index (χ2v) is 8.53. The maximum absolute atomic E-state index is 13.9. The predicted octanol–water partition coefficient (Wildman–Crippen LogP) is 4.02. The maximum atomic E-state index is 13.9. The van der Waals surface area contributed by atoms with Gasteiger partial charge >= 0.3 is 0 Å². The molecule has 184 valence electrons. The largest absolute Gasteiger partial charge is 0.454 e. The third-order valence-corrected chi connectivity index (χ3v) is 6.26. The molecule has 2 fully saturated rings. The molecule has 0 radical (unpaired) electrons. The average molecular weight is 492 g/mol. The second kappa shape index (κ2) is 9.29. The number of carbonyl (C=O) groups excluding carboxylic acids is 2. The van der Waals surface area contributed by atoms with Gasteiger partial charge in [0.2, 0.25) is 11.8 Å². The van der Waals surface area contributed by atoms with Crippen LogP contribution in [0.2, 0.25) is 0 Å². The molecule has 2 N–H and O–H groups in total. The van der Waals surface area contributed by atoms with E-state index in [9.17, 15) is 18.4 Å². The van der Waals surface area contributed by atoms with Crippen molar-refractivity contribution in [3.8, 4) is 23.1 Å². The average Bonchev–Trinajstić information content (AvgIpc) is 3.47. The first-order chi connectivity index (χ1) is 17.3. The highest BCUT2D eigenvalue weighted by Gasteiger charge is 2.45. The zero-order valence-electron chi connectivity index (χ0n) is 19.1. The van der Waals surface area contributed by atoms with Crippen molar-refractivity contribution >= 4 is 17.6 Å². The minimum atomic E-state index is -0.824. The Morgan fingerprint density at radius 1 is 1.00 bits per heavy atom. The van der Waals surface area contributed by atoms with E-state index in [1.165, 1.54) is 24.3 Å². The standard InChI is InChI=1S/C26H22F2N4O4/c1-2-24(33)32-14-16-12-17(32)13-31(16)23-10-8-20(25(29)34)26(30-23)36-19-6-4-18(5-7-19)35-22-9-3-15(27)11-21(22)28/h2-11,16-17H,1,12-14H2,(H2,29,34). The Balaban J connectivity index is 1.33. The number of piperazine rings is 1. The number of anilines is 1. The topological polar surface area (TPSA) is 98.0 Å². The molecule has 0 spiro atoms. The van der Waals surface area contributed by atoms with E-state index < -0.39 is 17.5 Å². The molecule has 2 unspecified atom stereocenters. The SMILES string of the molecule is C=CC(=O)N1CC2CC1CN2c1ccc(C(N)=O)c(Oc2ccc(Oc3ccc(F)cc3F)cc2)n1. The van der Waals surface area contributed by atoms with Gasteiger partial charge in [-0.05, 0) is 61.0 Å². The van der Waals surface area contributed by atoms with E-state index in [-0.39, 0.29) is 35.2 Å². The van der Waals surface area contributed by atoms with Crippen LogP contribution in [-0.2, 0) is 4.79 Å². The first-order valence-corrected chi connectivity index (χ1v) is 11.2. The fourth-order valence-electron chi connectivity index (χ4n) is 4.56. The molecule has 2 amide bonds. The number of fused-ring (bicyclic) bond motifs is 2. The molecule has 2 saturated heterocycles. The Morgan fingerprint density at radius 3 is 2.33 bits per heavy atom. The molecule has 1 aromatic heterocycles. The molecule has 0 aliphatic carbocycles. The quantitative estimate of drug-likeness (QED) is 0.501. The molecule has 2 atom stereocenters. The van der Waals surface area contributed by atoms with Crippen molar-refractivity contribution < 1.29 is 27.8 Å². The Bertz CT molecular complexity index is 1350. The monoisotopic (exact) mass is 492 g/mol. The molecular weight excluding hydrogens is 470 g/mol. The molecule has 2 aliphatic heterocycles. The molecule has 8 nitrogen and oxygen atoms in total. The number of aromatic nitrogens is 1. The molecule has 3 aromatic rings. The van der Waals surface area contributed by atoms with Crippen LogP contribution in [0.15, 0.2) is 67.3 Å². The number of hydrogen-bond donors (Lipinski definition) is 1. The fraction of sp³-hybridized carbons (Fsp3) is 0.192. The summed E-state index contributed by atoms with van der Waals surface area (Å²) < 4.78 is 38.3. The second-order valence-electron chi connectivity index (χ2n) is 8.53. The summed E-state index contributed by atoms with van der Waals surface area (Å²) >= 11 is 0. The number of halogens is 2. The number of likely N-dealkylation sites (tertiary alicyclic amines) is 1. The Hall–Kier alpha value is -4.47. The van der Waals surface area contributed by atoms with Crippen molar-refractivity contribution in [3.63, 3.8) is 0 Å². The predicted molar refractivity (Wildman–Crippen MR) is 127 cm³/mol. The number of carbonyl (C=O) groups is 2. The molecule has 10 heteroatoms. The van der Waals surface area contributed by atoms with Crippen molar-refractivity contribution in [1.82, 2.24) is 9.88 Å². The number of rotatable bonds is 7. The van der Waals surface area contributed by atoms with Crippen LogP contribution in [0.3, 0.4) is 0 Å². The van der Waals surface area contributed by atoms with Crippen LogP contribution in [0.25, 0.3) is 0 Å². The van der Waals surface area contributed by atoms with Gasteiger partial charge in [0.05, 0.1) is 12.1 Å². The summed E-state index contributed by atoms with van der Waals surface area (Å²) in [6.07, 6.45) is 2.15. The molecular formula is C26H22F2N4O4. The van der Waals surface area contributed by atoms with Gasteiger partial charge in [-0.25, -0.2) is 8.78 Å². The highest BCUT2D eigenvalue weighted by Crippen LogP contribution is 2.36. The van der Waals surface area contributed by atoms with Crippen molar-refractivity contribution in [2.45, 2.75) is 18.5 Å². The minimum absolute atomic E-state index is 0.0417. The summed E-state index contributed by atoms with van der Waals surface area (Å²) in [5.74, 6) is -1.12. The van der Waals surface area contributed by atoms with E-state index in [2.05, 4.69) is 16.5 Å². The first-order valence-electron chi connectivity index (χ1n) is 11.2. The maximum Gasteiger partial charge on any atom is 0.254 e. The van der Waals surface area contributed by atoms with Gasteiger partial charge in [-0.15, -0.1) is 0 Å². The lowest BCUT2D eigenvalue weighted by atomic mass is 10.2. The number of nitrogens with two attached hydrogens (primary N) is 1. The molecule has 36 heavy (non-hydrogen) atoms. The van der Waals surface area contributed by atoms with Gasteiger partial charge in [-0.1, -0.05) is 6.58 Å². The van der Waals surface area contributed by atoms with Crippen molar-refractivity contribution in [2.24, 2.45) is 5.73 Å². The number of pyridine rings is 1. The van der Waals surface area contributed by atoms with Crippen molar-refractivity contribution in [2.75, 3.05) is 18.0 Å². The summed E-state index contributed by atoms with van der Waals surface area (Å²) in [6.45, 7) is 4.74. The van der Waals surface area contributed by atoms with Gasteiger partial charge in [0.1, 0.15) is 28.7 Å². The van der Waals surface area contributed by atoms with E-state index in [1.807, 2.05) is 4.90 Å². The summed E-state index contributed by atoms with van der Waals surface area (Å²) in [4.78, 5) is 32.5. The lowest BCUT2D eigenvalue weighted by molar-refractivity contribution is -0.127. The number of ether oxygens (including phenoxy) is 2. The van der Waals surface area contributed by atoms with E-state index in [4.69, 9.17) is 15.2 Å². The summed E-state index contributed by atoms with van der Waals surface area (Å²) in [6, 6.07) is 12.7. The smallest absolute Gasteiger partial charge is 0.254 e. The molecule has 2 bridgehead atoms. The first kappa shape index (κ1) is 23.3. The van der Waals surface area contributed by atoms with Crippen LogP contribution in [0.4, 0.5) is 14.6 Å². The van der Waals surface area contributed by atoms with Gasteiger partial charge in [0.15, 0.2) is 11.6 Å². The Labute approximate surface area is 205 Å². The van der Waals surface area contributed by atoms with E-state index in [1.54, 1.807) is 24.3 Å². The lowest BCUT2D eigenvalue weighted by Gasteiger charge is -2.34. The van der Waals surface area contributed by atoms with Crippen LogP contribution < -0.4 is 20.1 Å². The van der Waals surface area contributed by atoms with Crippen molar-refractivity contribution in [1.29, 1.82) is 0 Å². The fourth-order valence-corrected chi connectivity index (χ4v) is 4.56. The highest BCUT2D eigenvalue weighted by molar-refractivity contribution is 5.95. The molecule has 2 aliphatic rings. The Morgan fingerprint density at radius 2 is 1.72 bits per heavy atom. The van der Waals surface area contributed by atoms with Gasteiger partial charge < -0.3 is 25.0 Å². The molecule has 2 aromatic carbocycles. The number of primary amides is 1. The van der Waals surface area contributed by atoms with Gasteiger partial charge in [-0.3, -0.25) is 9.59 Å². The van der Waals surface area contributed by atoms with E-state index >= 15 is 0 Å². The number of hydrogen-bond acceptors (Lipinski definition) is 6. The van der Waals surface area contributed by atoms with Crippen molar-refractivity contribution in [3.05, 3.63) is 84.5 Å². The van der Waals surface area contributed by atoms with Crippen LogP contribution in [-0.4, -0.2) is 46.9 Å². The lowest BCUT2D eigenvalue weighted by Crippen LogP contribution is -2.48. The molecule has 0 saturated carbocycles. The molecule has 5 rings (SSSR count). The van der Waals surface area contributed by atoms with E-state index in [0.29, 0.717) is 30.4 Å². The van der Waals surface area contributed by atoms with Crippen LogP contribution in [0.5, 0.6) is 23.1 Å². The van der Waals surface area contributed by atoms with Crippen LogP contribution >= 0.6 is 0 Å². The van der Waals surface area contributed by atoms with Crippen LogP contribution in [0, 0.1) is 11.6 Å². The van der Waals surface area contributed by atoms with Crippen LogP contribution in [0.1, 0.15) is 16.8 Å². The van der Waals surface area contributed by atoms with Gasteiger partial charge in [-0.2, -0.15) is 4.98 Å². The van der Waals surface area contributed by atoms with E-state index in [0.717, 1.165) is 18.6 Å². The minimum Gasteiger partial charge on any atom is -0.454 e. The summed E-state index contributed by atoms with van der Waals surface area (Å²) in [7, 11) is 0. The summed E-state index contributed by atoms with van der Waals surface area (Å²) in [5.41, 5.74) is 5.64. The molecule has 3 heterocycles. The zero-order valence-corrected chi connectivity index (χ0v) is 19.1. The third kappa shape index (κ3) is 4.45. The Kier molecular flexibility index (Phi) is 6.01. The highest BCUT2D eigenvalue weighted by atomic mass is 19.1. The number of benzene rings is 2. The number of nitrogens with zero attached hydrogens (tertiary/aromatic N) is 3. The van der Waals surface area contributed by atoms with Gasteiger partial charge in [0, 0.05) is 19.2 Å².